The van der Waals surface area contributed by atoms with Crippen LogP contribution in [-0.4, -0.2) is 0 Å². The van der Waals surface area contributed by atoms with Crippen LogP contribution in [0.1, 0.15) is 25.5 Å². The lowest BCUT2D eigenvalue weighted by molar-refractivity contribution is 0.510. The van der Waals surface area contributed by atoms with Crippen LogP contribution in [0.25, 0.3) is 0 Å². The molecule has 4 heteroatoms. The van der Waals surface area contributed by atoms with E-state index in [4.69, 9.17) is 28.9 Å². The molecule has 0 saturated carbocycles. The number of nitrogens with two attached hydrogens (primary N) is 1. The van der Waals surface area contributed by atoms with Gasteiger partial charge in [0, 0.05) is 16.6 Å². The molecule has 0 amide bonds. The first-order valence-electron chi connectivity index (χ1n) is 4.34. The molecule has 1 nitrogen and oxygen atoms in total. The zero-order valence-corrected chi connectivity index (χ0v) is 9.53. The lowest BCUT2D eigenvalue weighted by atomic mass is 9.97. The number of hydrogen-bond donors (Lipinski definition) is 1. The van der Waals surface area contributed by atoms with Crippen LogP contribution in [0.15, 0.2) is 12.1 Å². The first-order valence-corrected chi connectivity index (χ1v) is 5.09. The van der Waals surface area contributed by atoms with Crippen LogP contribution in [0, 0.1) is 11.7 Å². The molecule has 14 heavy (non-hydrogen) atoms. The summed E-state index contributed by atoms with van der Waals surface area (Å²) < 4.78 is 13.1. The van der Waals surface area contributed by atoms with Crippen molar-refractivity contribution < 1.29 is 4.39 Å². The molecule has 0 bridgehead atoms. The second-order valence-corrected chi connectivity index (χ2v) is 4.31. The number of rotatable bonds is 2. The quantitative estimate of drug-likeness (QED) is 0.776. The summed E-state index contributed by atoms with van der Waals surface area (Å²) in [6.45, 7) is 3.87. The third-order valence-electron chi connectivity index (χ3n) is 2.13. The van der Waals surface area contributed by atoms with E-state index in [0.717, 1.165) is 0 Å². The Bertz CT molecular complexity index is 339. The summed E-state index contributed by atoms with van der Waals surface area (Å²) in [6, 6.07) is 2.37. The molecule has 0 radical (unpaired) electrons. The minimum Gasteiger partial charge on any atom is -0.324 e. The molecule has 0 aromatic heterocycles. The van der Waals surface area contributed by atoms with Crippen LogP contribution in [0.5, 0.6) is 0 Å². The first kappa shape index (κ1) is 11.8. The van der Waals surface area contributed by atoms with Crippen molar-refractivity contribution in [2.75, 3.05) is 0 Å². The van der Waals surface area contributed by atoms with Gasteiger partial charge in [0.1, 0.15) is 5.82 Å². The smallest absolute Gasteiger partial charge is 0.142 e. The van der Waals surface area contributed by atoms with Gasteiger partial charge in [-0.3, -0.25) is 0 Å². The van der Waals surface area contributed by atoms with Gasteiger partial charge in [0.05, 0.1) is 5.02 Å². The Morgan fingerprint density at radius 1 is 1.29 bits per heavy atom. The Balaban J connectivity index is 3.25. The van der Waals surface area contributed by atoms with Crippen molar-refractivity contribution in [2.45, 2.75) is 19.9 Å². The van der Waals surface area contributed by atoms with Crippen molar-refractivity contribution in [3.8, 4) is 0 Å². The topological polar surface area (TPSA) is 26.0 Å². The molecule has 0 heterocycles. The number of hydrogen-bond acceptors (Lipinski definition) is 1. The monoisotopic (exact) mass is 235 g/mol. The highest BCUT2D eigenvalue weighted by atomic mass is 35.5. The molecular formula is C10H12Cl2FN. The van der Waals surface area contributed by atoms with Gasteiger partial charge in [-0.05, 0) is 18.1 Å². The van der Waals surface area contributed by atoms with Gasteiger partial charge >= 0.3 is 0 Å². The van der Waals surface area contributed by atoms with Gasteiger partial charge in [-0.15, -0.1) is 0 Å². The largest absolute Gasteiger partial charge is 0.324 e. The van der Waals surface area contributed by atoms with Crippen LogP contribution in [0.4, 0.5) is 4.39 Å². The van der Waals surface area contributed by atoms with Crippen LogP contribution >= 0.6 is 23.2 Å². The summed E-state index contributed by atoms with van der Waals surface area (Å²) >= 11 is 11.7. The molecule has 0 unspecified atom stereocenters. The van der Waals surface area contributed by atoms with Gasteiger partial charge in [0.25, 0.3) is 0 Å². The number of benzene rings is 1. The van der Waals surface area contributed by atoms with Gasteiger partial charge in [0.15, 0.2) is 0 Å². The van der Waals surface area contributed by atoms with Crippen molar-refractivity contribution >= 4 is 23.2 Å². The van der Waals surface area contributed by atoms with Gasteiger partial charge < -0.3 is 5.73 Å². The Labute approximate surface area is 93.0 Å². The summed E-state index contributed by atoms with van der Waals surface area (Å²) in [5.74, 6) is -0.325. The highest BCUT2D eigenvalue weighted by molar-refractivity contribution is 6.36. The van der Waals surface area contributed by atoms with E-state index in [9.17, 15) is 4.39 Å². The summed E-state index contributed by atoms with van der Waals surface area (Å²) in [5, 5.41) is 0.441. The molecule has 0 saturated heterocycles. The van der Waals surface area contributed by atoms with E-state index in [0.29, 0.717) is 10.6 Å². The molecule has 0 aliphatic rings. The Morgan fingerprint density at radius 3 is 2.36 bits per heavy atom. The zero-order chi connectivity index (χ0) is 10.9. The maximum Gasteiger partial charge on any atom is 0.142 e. The Kier molecular flexibility index (Phi) is 3.76. The Morgan fingerprint density at radius 2 is 1.86 bits per heavy atom. The average molecular weight is 236 g/mol. The minimum atomic E-state index is -0.484. The lowest BCUT2D eigenvalue weighted by Gasteiger charge is -2.19. The van der Waals surface area contributed by atoms with Crippen LogP contribution < -0.4 is 5.73 Å². The highest BCUT2D eigenvalue weighted by Gasteiger charge is 2.19. The van der Waals surface area contributed by atoms with Crippen LogP contribution in [-0.2, 0) is 0 Å². The zero-order valence-electron chi connectivity index (χ0n) is 8.02. The fourth-order valence-corrected chi connectivity index (χ4v) is 1.80. The third-order valence-corrected chi connectivity index (χ3v) is 2.84. The van der Waals surface area contributed by atoms with Crippen molar-refractivity contribution in [2.24, 2.45) is 11.7 Å². The van der Waals surface area contributed by atoms with Crippen molar-refractivity contribution in [1.82, 2.24) is 0 Å². The van der Waals surface area contributed by atoms with Gasteiger partial charge in [0.2, 0.25) is 0 Å². The van der Waals surface area contributed by atoms with Crippen LogP contribution in [0.3, 0.4) is 0 Å². The Hall–Kier alpha value is -0.310. The fraction of sp³-hybridized carbons (Fsp3) is 0.400. The second kappa shape index (κ2) is 4.47. The van der Waals surface area contributed by atoms with Gasteiger partial charge in [-0.25, -0.2) is 4.39 Å². The molecule has 0 aliphatic carbocycles. The van der Waals surface area contributed by atoms with E-state index in [1.54, 1.807) is 0 Å². The van der Waals surface area contributed by atoms with E-state index in [1.807, 2.05) is 13.8 Å². The number of halogens is 3. The van der Waals surface area contributed by atoms with E-state index in [2.05, 4.69) is 0 Å². The summed E-state index contributed by atoms with van der Waals surface area (Å²) in [6.07, 6.45) is 0. The van der Waals surface area contributed by atoms with Gasteiger partial charge in [-0.2, -0.15) is 0 Å². The maximum atomic E-state index is 13.1. The van der Waals surface area contributed by atoms with E-state index < -0.39 is 5.82 Å². The molecule has 1 aromatic carbocycles. The molecule has 0 aliphatic heterocycles. The maximum absolute atomic E-state index is 13.1. The first-order chi connectivity index (χ1) is 6.45. The molecule has 1 rings (SSSR count). The summed E-state index contributed by atoms with van der Waals surface area (Å²) in [5.41, 5.74) is 6.36. The van der Waals surface area contributed by atoms with E-state index in [1.165, 1.54) is 12.1 Å². The standard InChI is InChI=1S/C10H12Cl2FN/c1-5(2)10(14)8-6(11)3-4-7(13)9(8)12/h3-5,10H,14H2,1-2H3/t10-/m1/s1. The molecule has 0 fully saturated rings. The molecule has 1 atom stereocenters. The van der Waals surface area contributed by atoms with Crippen molar-refractivity contribution in [1.29, 1.82) is 0 Å². The molecule has 0 spiro atoms. The predicted octanol–water partition coefficient (Wildman–Crippen LogP) is 3.79. The normalized spacial score (nSPS) is 13.4. The predicted molar refractivity (Wildman–Crippen MR) is 58.2 cm³/mol. The molecule has 78 valence electrons. The lowest BCUT2D eigenvalue weighted by Crippen LogP contribution is -2.18. The summed E-state index contributed by atoms with van der Waals surface area (Å²) in [4.78, 5) is 0. The SMILES string of the molecule is CC(C)[C@@H](N)c1c(Cl)ccc(F)c1Cl. The molecule has 2 N–H and O–H groups in total. The van der Waals surface area contributed by atoms with Crippen molar-refractivity contribution in [3.05, 3.63) is 33.6 Å². The second-order valence-electron chi connectivity index (χ2n) is 3.53. The van der Waals surface area contributed by atoms with Gasteiger partial charge in [-0.1, -0.05) is 37.0 Å². The van der Waals surface area contributed by atoms with Crippen molar-refractivity contribution in [3.63, 3.8) is 0 Å². The molecule has 1 aromatic rings. The molecular weight excluding hydrogens is 224 g/mol. The summed E-state index contributed by atoms with van der Waals surface area (Å²) in [7, 11) is 0. The van der Waals surface area contributed by atoms with E-state index in [-0.39, 0.29) is 17.0 Å². The minimum absolute atomic E-state index is 0.0266. The average Bonchev–Trinajstić information content (AvgIpc) is 2.12. The highest BCUT2D eigenvalue weighted by Crippen LogP contribution is 2.34. The van der Waals surface area contributed by atoms with E-state index >= 15 is 0 Å². The fourth-order valence-electron chi connectivity index (χ4n) is 1.18. The third kappa shape index (κ3) is 2.19. The van der Waals surface area contributed by atoms with Crippen LogP contribution in [0.2, 0.25) is 10.0 Å².